The zero-order valence-corrected chi connectivity index (χ0v) is 21.5. The third kappa shape index (κ3) is 6.16. The van der Waals surface area contributed by atoms with Crippen molar-refractivity contribution in [3.8, 4) is 17.1 Å². The van der Waals surface area contributed by atoms with Crippen LogP contribution in [-0.4, -0.2) is 77.0 Å². The van der Waals surface area contributed by atoms with E-state index < -0.39 is 0 Å². The van der Waals surface area contributed by atoms with Crippen LogP contribution in [0.3, 0.4) is 0 Å². The summed E-state index contributed by atoms with van der Waals surface area (Å²) in [4.78, 5) is 19.8. The lowest BCUT2D eigenvalue weighted by Crippen LogP contribution is -2.38. The van der Waals surface area contributed by atoms with Gasteiger partial charge in [0.1, 0.15) is 30.1 Å². The van der Waals surface area contributed by atoms with Gasteiger partial charge in [-0.15, -0.1) is 0 Å². The number of aliphatic imine (C=N–C) groups is 1. The molecule has 4 aromatic rings. The summed E-state index contributed by atoms with van der Waals surface area (Å²) in [6, 6.07) is 14.0. The minimum absolute atomic E-state index is 0.624. The van der Waals surface area contributed by atoms with Crippen molar-refractivity contribution in [2.24, 2.45) is 10.7 Å². The first kappa shape index (κ1) is 25.4. The lowest BCUT2D eigenvalue weighted by Gasteiger charge is -2.26. The van der Waals surface area contributed by atoms with Crippen molar-refractivity contribution in [1.29, 1.82) is 0 Å². The molecule has 1 aliphatic rings. The standard InChI is InChI=1S/C28H32N8O2/c1-30-18-23(16-29)22-4-2-21(3-5-22)17-31-27-15-25(33-20-34-27)26-19-32-28-14-24(6-7-36(26)28)38-13-10-35-8-11-37-12-9-35/h2-7,14-16,18-20H,8-13,17,29H2,1H3,(H,31,33,34)/b23-16+,30-18?. The number of fused-ring (bicyclic) bond motifs is 1. The molecule has 3 aromatic heterocycles. The van der Waals surface area contributed by atoms with Gasteiger partial charge in [0.25, 0.3) is 0 Å². The summed E-state index contributed by atoms with van der Waals surface area (Å²) in [7, 11) is 1.73. The Morgan fingerprint density at radius 3 is 2.76 bits per heavy atom. The summed E-state index contributed by atoms with van der Waals surface area (Å²) in [6.07, 6.45) is 8.65. The highest BCUT2D eigenvalue weighted by Crippen LogP contribution is 2.23. The number of benzene rings is 1. The van der Waals surface area contributed by atoms with Gasteiger partial charge >= 0.3 is 0 Å². The Balaban J connectivity index is 1.22. The second-order valence-electron chi connectivity index (χ2n) is 8.88. The first-order valence-electron chi connectivity index (χ1n) is 12.6. The number of ether oxygens (including phenoxy) is 2. The highest BCUT2D eigenvalue weighted by Gasteiger charge is 2.12. The van der Waals surface area contributed by atoms with Crippen LogP contribution < -0.4 is 15.8 Å². The maximum Gasteiger partial charge on any atom is 0.140 e. The molecule has 0 radical (unpaired) electrons. The molecule has 10 nitrogen and oxygen atoms in total. The van der Waals surface area contributed by atoms with E-state index in [2.05, 4.69) is 42.3 Å². The molecule has 38 heavy (non-hydrogen) atoms. The molecule has 0 atom stereocenters. The van der Waals surface area contributed by atoms with E-state index in [-0.39, 0.29) is 0 Å². The Kier molecular flexibility index (Phi) is 8.22. The van der Waals surface area contributed by atoms with Gasteiger partial charge in [-0.05, 0) is 17.2 Å². The van der Waals surface area contributed by atoms with Crippen LogP contribution in [0.1, 0.15) is 11.1 Å². The van der Waals surface area contributed by atoms with Crippen molar-refractivity contribution in [2.75, 3.05) is 51.8 Å². The Hall–Kier alpha value is -4.28. The van der Waals surface area contributed by atoms with Crippen molar-refractivity contribution in [3.63, 3.8) is 0 Å². The minimum Gasteiger partial charge on any atom is -0.492 e. The Labute approximate surface area is 221 Å². The number of pyridine rings is 1. The summed E-state index contributed by atoms with van der Waals surface area (Å²) in [5.74, 6) is 1.53. The lowest BCUT2D eigenvalue weighted by atomic mass is 10.1. The molecule has 5 rings (SSSR count). The average molecular weight is 513 g/mol. The Morgan fingerprint density at radius 1 is 1.13 bits per heavy atom. The number of aromatic nitrogens is 4. The van der Waals surface area contributed by atoms with Crippen molar-refractivity contribution in [1.82, 2.24) is 24.3 Å². The number of imidazole rings is 1. The van der Waals surface area contributed by atoms with Gasteiger partial charge in [-0.25, -0.2) is 15.0 Å². The van der Waals surface area contributed by atoms with Gasteiger partial charge in [0.05, 0.1) is 30.8 Å². The van der Waals surface area contributed by atoms with Crippen LogP contribution >= 0.6 is 0 Å². The molecule has 1 aliphatic heterocycles. The van der Waals surface area contributed by atoms with Crippen LogP contribution in [0.25, 0.3) is 22.6 Å². The number of rotatable bonds is 10. The zero-order chi connectivity index (χ0) is 26.2. The van der Waals surface area contributed by atoms with Crippen molar-refractivity contribution < 1.29 is 9.47 Å². The fraction of sp³-hybridized carbons (Fsp3) is 0.286. The molecule has 4 heterocycles. The third-order valence-corrected chi connectivity index (χ3v) is 6.40. The predicted octanol–water partition coefficient (Wildman–Crippen LogP) is 3.11. The molecule has 196 valence electrons. The fourth-order valence-electron chi connectivity index (χ4n) is 4.31. The van der Waals surface area contributed by atoms with Gasteiger partial charge in [0.2, 0.25) is 0 Å². The topological polar surface area (TPSA) is 115 Å². The number of hydrogen-bond donors (Lipinski definition) is 2. The molecule has 10 heteroatoms. The predicted molar refractivity (Wildman–Crippen MR) is 149 cm³/mol. The SMILES string of the molecule is CN=C/C(=C\N)c1ccc(CNc2cc(-c3cnc4cc(OCCN5CCOCC5)ccn34)ncn2)cc1. The smallest absolute Gasteiger partial charge is 0.140 e. The van der Waals surface area contributed by atoms with E-state index in [1.807, 2.05) is 47.1 Å². The van der Waals surface area contributed by atoms with E-state index in [0.717, 1.165) is 78.2 Å². The normalized spacial score (nSPS) is 14.8. The molecule has 0 spiro atoms. The summed E-state index contributed by atoms with van der Waals surface area (Å²) in [5.41, 5.74) is 11.2. The van der Waals surface area contributed by atoms with E-state index in [4.69, 9.17) is 15.2 Å². The monoisotopic (exact) mass is 512 g/mol. The van der Waals surface area contributed by atoms with E-state index in [0.29, 0.717) is 13.2 Å². The molecule has 3 N–H and O–H groups in total. The summed E-state index contributed by atoms with van der Waals surface area (Å²) < 4.78 is 13.4. The zero-order valence-electron chi connectivity index (χ0n) is 21.5. The number of hydrogen-bond acceptors (Lipinski definition) is 9. The van der Waals surface area contributed by atoms with Crippen molar-refractivity contribution in [2.45, 2.75) is 6.54 Å². The highest BCUT2D eigenvalue weighted by atomic mass is 16.5. The van der Waals surface area contributed by atoms with E-state index in [1.54, 1.807) is 25.8 Å². The van der Waals surface area contributed by atoms with Gasteiger partial charge in [0.15, 0.2) is 0 Å². The molecule has 0 unspecified atom stereocenters. The number of nitrogens with zero attached hydrogens (tertiary/aromatic N) is 6. The molecule has 0 bridgehead atoms. The minimum atomic E-state index is 0.624. The van der Waals surface area contributed by atoms with Crippen molar-refractivity contribution >= 4 is 23.3 Å². The molecular weight excluding hydrogens is 480 g/mol. The maximum absolute atomic E-state index is 5.98. The van der Waals surface area contributed by atoms with Gasteiger partial charge < -0.3 is 20.5 Å². The second-order valence-corrected chi connectivity index (χ2v) is 8.88. The van der Waals surface area contributed by atoms with Gasteiger partial charge in [-0.3, -0.25) is 14.3 Å². The molecule has 0 aliphatic carbocycles. The lowest BCUT2D eigenvalue weighted by molar-refractivity contribution is 0.0322. The average Bonchev–Trinajstić information content (AvgIpc) is 3.39. The Morgan fingerprint density at radius 2 is 1.97 bits per heavy atom. The second kappa shape index (κ2) is 12.3. The number of morpholine rings is 1. The van der Waals surface area contributed by atoms with Gasteiger partial charge in [0, 0.05) is 69.5 Å². The van der Waals surface area contributed by atoms with Crippen LogP contribution in [0.5, 0.6) is 5.75 Å². The summed E-state index contributed by atoms with van der Waals surface area (Å²) in [6.45, 7) is 5.63. The first-order valence-corrected chi connectivity index (χ1v) is 12.6. The van der Waals surface area contributed by atoms with E-state index in [1.165, 1.54) is 0 Å². The largest absolute Gasteiger partial charge is 0.492 e. The van der Waals surface area contributed by atoms with Crippen LogP contribution in [0, 0.1) is 0 Å². The van der Waals surface area contributed by atoms with Crippen LogP contribution in [0.4, 0.5) is 5.82 Å². The van der Waals surface area contributed by atoms with E-state index in [9.17, 15) is 0 Å². The molecule has 0 amide bonds. The molecular formula is C28H32N8O2. The number of allylic oxidation sites excluding steroid dienone is 1. The molecule has 1 fully saturated rings. The first-order chi connectivity index (χ1) is 18.7. The van der Waals surface area contributed by atoms with Gasteiger partial charge in [-0.2, -0.15) is 0 Å². The fourth-order valence-corrected chi connectivity index (χ4v) is 4.31. The number of nitrogens with two attached hydrogens (primary N) is 1. The van der Waals surface area contributed by atoms with E-state index >= 15 is 0 Å². The molecule has 1 saturated heterocycles. The summed E-state index contributed by atoms with van der Waals surface area (Å²) >= 11 is 0. The highest BCUT2D eigenvalue weighted by molar-refractivity contribution is 6.09. The number of nitrogens with one attached hydrogen (secondary N) is 1. The van der Waals surface area contributed by atoms with Crippen LogP contribution in [0.15, 0.2) is 72.4 Å². The Bertz CT molecular complexity index is 1410. The molecule has 0 saturated carbocycles. The molecule has 1 aromatic carbocycles. The number of anilines is 1. The third-order valence-electron chi connectivity index (χ3n) is 6.40. The van der Waals surface area contributed by atoms with Crippen molar-refractivity contribution in [3.05, 3.63) is 78.5 Å². The van der Waals surface area contributed by atoms with Crippen LogP contribution in [-0.2, 0) is 11.3 Å². The van der Waals surface area contributed by atoms with Gasteiger partial charge in [-0.1, -0.05) is 24.3 Å². The van der Waals surface area contributed by atoms with Crippen LogP contribution in [0.2, 0.25) is 0 Å². The maximum atomic E-state index is 5.98. The quantitative estimate of drug-likeness (QED) is 0.312. The summed E-state index contributed by atoms with van der Waals surface area (Å²) in [5, 5.41) is 3.38.